The average Bonchev–Trinajstić information content (AvgIpc) is 2.35. The molecule has 0 aliphatic carbocycles. The highest BCUT2D eigenvalue weighted by Gasteiger charge is 2.39. The number of anilines is 1. The molecule has 0 aromatic heterocycles. The molecule has 0 atom stereocenters. The van der Waals surface area contributed by atoms with Gasteiger partial charge in [-0.1, -0.05) is 26.0 Å². The minimum Gasteiger partial charge on any atom is -0.495 e. The predicted octanol–water partition coefficient (Wildman–Crippen LogP) is 1.98. The SMILES string of the molecule is COc1ccccc1NC(=O)N1CC(S(=O)(=O)CC(C)C)C1. The highest BCUT2D eigenvalue weighted by molar-refractivity contribution is 7.92. The highest BCUT2D eigenvalue weighted by Crippen LogP contribution is 2.25. The molecule has 2 rings (SSSR count). The molecule has 0 saturated carbocycles. The number of carbonyl (C=O) groups is 1. The van der Waals surface area contributed by atoms with E-state index < -0.39 is 15.1 Å². The van der Waals surface area contributed by atoms with Gasteiger partial charge in [-0.25, -0.2) is 13.2 Å². The van der Waals surface area contributed by atoms with Crippen LogP contribution in [-0.2, 0) is 9.84 Å². The number of hydrogen-bond donors (Lipinski definition) is 1. The van der Waals surface area contributed by atoms with Crippen molar-refractivity contribution in [3.8, 4) is 5.75 Å². The van der Waals surface area contributed by atoms with E-state index in [1.165, 1.54) is 12.0 Å². The summed E-state index contributed by atoms with van der Waals surface area (Å²) in [6.07, 6.45) is 0. The van der Waals surface area contributed by atoms with Crippen molar-refractivity contribution in [2.45, 2.75) is 19.1 Å². The number of urea groups is 1. The van der Waals surface area contributed by atoms with Crippen molar-refractivity contribution in [1.29, 1.82) is 0 Å². The van der Waals surface area contributed by atoms with Gasteiger partial charge < -0.3 is 15.0 Å². The van der Waals surface area contributed by atoms with Gasteiger partial charge in [0.1, 0.15) is 5.75 Å². The number of ether oxygens (including phenoxy) is 1. The van der Waals surface area contributed by atoms with Gasteiger partial charge in [0.25, 0.3) is 0 Å². The van der Waals surface area contributed by atoms with Gasteiger partial charge in [0.15, 0.2) is 9.84 Å². The van der Waals surface area contributed by atoms with Crippen LogP contribution in [0.15, 0.2) is 24.3 Å². The Balaban J connectivity index is 1.92. The number of methoxy groups -OCH3 is 1. The van der Waals surface area contributed by atoms with Gasteiger partial charge in [-0.05, 0) is 18.1 Å². The Kier molecular flexibility index (Phi) is 4.95. The fraction of sp³-hybridized carbons (Fsp3) is 0.533. The number of nitrogens with one attached hydrogen (secondary N) is 1. The first-order chi connectivity index (χ1) is 10.3. The number of carbonyl (C=O) groups excluding carboxylic acids is 1. The number of sulfone groups is 1. The van der Waals surface area contributed by atoms with Crippen molar-refractivity contribution >= 4 is 21.6 Å². The molecule has 1 aromatic carbocycles. The van der Waals surface area contributed by atoms with Gasteiger partial charge in [-0.3, -0.25) is 0 Å². The molecule has 0 bridgehead atoms. The monoisotopic (exact) mass is 326 g/mol. The van der Waals surface area contributed by atoms with Crippen LogP contribution in [0.4, 0.5) is 10.5 Å². The standard InChI is InChI=1S/C15H22N2O4S/c1-11(2)10-22(19,20)12-8-17(9-12)15(18)16-13-6-4-5-7-14(13)21-3/h4-7,11-12H,8-10H2,1-3H3,(H,16,18). The molecule has 1 aliphatic rings. The quantitative estimate of drug-likeness (QED) is 0.898. The summed E-state index contributed by atoms with van der Waals surface area (Å²) in [5.41, 5.74) is 0.573. The molecule has 1 aromatic rings. The van der Waals surface area contributed by atoms with Crippen molar-refractivity contribution in [2.75, 3.05) is 31.3 Å². The Labute approximate surface area is 131 Å². The van der Waals surface area contributed by atoms with E-state index in [9.17, 15) is 13.2 Å². The van der Waals surface area contributed by atoms with Crippen LogP contribution in [0.3, 0.4) is 0 Å². The van der Waals surface area contributed by atoms with Crippen molar-refractivity contribution < 1.29 is 17.9 Å². The summed E-state index contributed by atoms with van der Waals surface area (Å²) in [5, 5.41) is 2.30. The van der Waals surface area contributed by atoms with Gasteiger partial charge in [0, 0.05) is 13.1 Å². The van der Waals surface area contributed by atoms with Crippen molar-refractivity contribution in [3.05, 3.63) is 24.3 Å². The fourth-order valence-corrected chi connectivity index (χ4v) is 4.39. The van der Waals surface area contributed by atoms with Gasteiger partial charge in [-0.2, -0.15) is 0 Å². The van der Waals surface area contributed by atoms with Gasteiger partial charge in [0.05, 0.1) is 23.8 Å². The number of hydrogen-bond acceptors (Lipinski definition) is 4. The first kappa shape index (κ1) is 16.6. The van der Waals surface area contributed by atoms with E-state index >= 15 is 0 Å². The molecule has 1 fully saturated rings. The third-order valence-corrected chi connectivity index (χ3v) is 6.00. The Morgan fingerprint density at radius 1 is 1.36 bits per heavy atom. The summed E-state index contributed by atoms with van der Waals surface area (Å²) in [4.78, 5) is 13.6. The van der Waals surface area contributed by atoms with E-state index in [1.54, 1.807) is 18.2 Å². The summed E-state index contributed by atoms with van der Waals surface area (Å²) in [7, 11) is -1.59. The maximum absolute atomic E-state index is 12.1. The first-order valence-electron chi connectivity index (χ1n) is 7.24. The average molecular weight is 326 g/mol. The number of amides is 2. The second kappa shape index (κ2) is 6.56. The van der Waals surface area contributed by atoms with Gasteiger partial charge in [-0.15, -0.1) is 0 Å². The number of likely N-dealkylation sites (tertiary alicyclic amines) is 1. The Morgan fingerprint density at radius 3 is 2.59 bits per heavy atom. The van der Waals surface area contributed by atoms with Gasteiger partial charge >= 0.3 is 6.03 Å². The number of nitrogens with zero attached hydrogens (tertiary/aromatic N) is 1. The van der Waals surface area contributed by atoms with E-state index in [0.717, 1.165) is 0 Å². The Morgan fingerprint density at radius 2 is 2.00 bits per heavy atom. The molecule has 22 heavy (non-hydrogen) atoms. The largest absolute Gasteiger partial charge is 0.495 e. The third-order valence-electron chi connectivity index (χ3n) is 3.56. The van der Waals surface area contributed by atoms with Crippen LogP contribution in [0, 0.1) is 5.92 Å². The zero-order valence-electron chi connectivity index (χ0n) is 13.1. The molecule has 2 amide bonds. The lowest BCUT2D eigenvalue weighted by Gasteiger charge is -2.38. The number of para-hydroxylation sites is 2. The van der Waals surface area contributed by atoms with E-state index in [0.29, 0.717) is 11.4 Å². The summed E-state index contributed by atoms with van der Waals surface area (Å²) >= 11 is 0. The lowest BCUT2D eigenvalue weighted by molar-refractivity contribution is 0.182. The molecule has 0 radical (unpaired) electrons. The third kappa shape index (κ3) is 3.71. The summed E-state index contributed by atoms with van der Waals surface area (Å²) in [6, 6.07) is 6.79. The molecule has 1 aliphatic heterocycles. The maximum Gasteiger partial charge on any atom is 0.322 e. The summed E-state index contributed by atoms with van der Waals surface area (Å²) < 4.78 is 29.3. The number of rotatable bonds is 5. The van der Waals surface area contributed by atoms with Crippen LogP contribution in [0.5, 0.6) is 5.75 Å². The van der Waals surface area contributed by atoms with Crippen molar-refractivity contribution in [1.82, 2.24) is 4.90 Å². The minimum atomic E-state index is -3.12. The van der Waals surface area contributed by atoms with Crippen LogP contribution in [-0.4, -0.2) is 50.6 Å². The molecule has 0 unspecified atom stereocenters. The molecular formula is C15H22N2O4S. The molecule has 122 valence electrons. The minimum absolute atomic E-state index is 0.0986. The normalized spacial score (nSPS) is 15.5. The number of benzene rings is 1. The maximum atomic E-state index is 12.1. The smallest absolute Gasteiger partial charge is 0.322 e. The van der Waals surface area contributed by atoms with E-state index in [2.05, 4.69) is 5.32 Å². The van der Waals surface area contributed by atoms with Crippen LogP contribution >= 0.6 is 0 Å². The van der Waals surface area contributed by atoms with Crippen LogP contribution < -0.4 is 10.1 Å². The molecule has 1 N–H and O–H groups in total. The summed E-state index contributed by atoms with van der Waals surface area (Å²) in [5.74, 6) is 0.835. The van der Waals surface area contributed by atoms with Crippen molar-refractivity contribution in [3.63, 3.8) is 0 Å². The van der Waals surface area contributed by atoms with Gasteiger partial charge in [0.2, 0.25) is 0 Å². The van der Waals surface area contributed by atoms with Crippen LogP contribution in [0.1, 0.15) is 13.8 Å². The molecule has 1 heterocycles. The molecule has 0 spiro atoms. The Hall–Kier alpha value is -1.76. The zero-order chi connectivity index (χ0) is 16.3. The van der Waals surface area contributed by atoms with E-state index in [1.807, 2.05) is 19.9 Å². The molecule has 6 nitrogen and oxygen atoms in total. The topological polar surface area (TPSA) is 75.7 Å². The highest BCUT2D eigenvalue weighted by atomic mass is 32.2. The first-order valence-corrected chi connectivity index (χ1v) is 8.95. The van der Waals surface area contributed by atoms with E-state index in [-0.39, 0.29) is 30.8 Å². The predicted molar refractivity (Wildman–Crippen MR) is 86.0 cm³/mol. The van der Waals surface area contributed by atoms with E-state index in [4.69, 9.17) is 4.74 Å². The second-order valence-electron chi connectivity index (χ2n) is 5.88. The zero-order valence-corrected chi connectivity index (χ0v) is 13.9. The summed E-state index contributed by atoms with van der Waals surface area (Å²) in [6.45, 7) is 4.25. The molecular weight excluding hydrogens is 304 g/mol. The van der Waals surface area contributed by atoms with Crippen LogP contribution in [0.25, 0.3) is 0 Å². The lowest BCUT2D eigenvalue weighted by atomic mass is 10.2. The van der Waals surface area contributed by atoms with Crippen LogP contribution in [0.2, 0.25) is 0 Å². The molecule has 1 saturated heterocycles. The fourth-order valence-electron chi connectivity index (χ4n) is 2.37. The molecule has 7 heteroatoms. The second-order valence-corrected chi connectivity index (χ2v) is 8.21. The lowest BCUT2D eigenvalue weighted by Crippen LogP contribution is -2.58. The Bertz CT molecular complexity index is 637. The van der Waals surface area contributed by atoms with Crippen molar-refractivity contribution in [2.24, 2.45) is 5.92 Å².